The Hall–Kier alpha value is -3.98. The second-order valence-corrected chi connectivity index (χ2v) is 8.38. The second kappa shape index (κ2) is 10.5. The first-order valence-electron chi connectivity index (χ1n) is 11.3. The van der Waals surface area contributed by atoms with E-state index in [9.17, 15) is 9.59 Å². The van der Waals surface area contributed by atoms with E-state index in [2.05, 4.69) is 22.1 Å². The first-order chi connectivity index (χ1) is 17.1. The fraction of sp³-hybridized carbons (Fsp3) is 0.320. The van der Waals surface area contributed by atoms with Crippen LogP contribution in [-0.2, 0) is 21.5 Å². The van der Waals surface area contributed by atoms with Gasteiger partial charge in [0.2, 0.25) is 0 Å². The number of nitrogens with one attached hydrogen (secondary N) is 1. The summed E-state index contributed by atoms with van der Waals surface area (Å²) in [7, 11) is 1.63. The monoisotopic (exact) mass is 474 g/mol. The van der Waals surface area contributed by atoms with E-state index in [0.29, 0.717) is 30.8 Å². The number of aromatic amines is 1. The number of hydrogen-bond acceptors (Lipinski definition) is 5. The molecule has 2 atom stereocenters. The van der Waals surface area contributed by atoms with E-state index in [0.717, 1.165) is 23.0 Å². The summed E-state index contributed by atoms with van der Waals surface area (Å²) in [6.45, 7) is 5.08. The average Bonchev–Trinajstić information content (AvgIpc) is 3.50. The van der Waals surface area contributed by atoms with Crippen molar-refractivity contribution < 1.29 is 9.39 Å². The Bertz CT molecular complexity index is 1390. The molecule has 35 heavy (non-hydrogen) atoms. The Morgan fingerprint density at radius 1 is 1.09 bits per heavy atom. The molecule has 10 heteroatoms. The van der Waals surface area contributed by atoms with Crippen LogP contribution in [0.15, 0.2) is 76.4 Å². The van der Waals surface area contributed by atoms with Crippen LogP contribution in [0.1, 0.15) is 43.0 Å². The Morgan fingerprint density at radius 3 is 2.46 bits per heavy atom. The van der Waals surface area contributed by atoms with E-state index in [1.54, 1.807) is 36.1 Å². The number of hydrogen-bond donors (Lipinski definition) is 1. The zero-order chi connectivity index (χ0) is 24.8. The van der Waals surface area contributed by atoms with Crippen molar-refractivity contribution in [2.45, 2.75) is 43.9 Å². The van der Waals surface area contributed by atoms with Gasteiger partial charge in [0.15, 0.2) is 0 Å². The minimum atomic E-state index is -0.872. The van der Waals surface area contributed by atoms with Crippen molar-refractivity contribution in [3.8, 4) is 5.69 Å². The molecule has 1 saturated carbocycles. The summed E-state index contributed by atoms with van der Waals surface area (Å²) in [6.07, 6.45) is 5.07. The molecule has 2 aromatic carbocycles. The van der Waals surface area contributed by atoms with E-state index in [4.69, 9.17) is 9.39 Å². The number of benzene rings is 2. The molecule has 0 spiro atoms. The van der Waals surface area contributed by atoms with Crippen molar-refractivity contribution in [3.05, 3.63) is 106 Å². The van der Waals surface area contributed by atoms with Crippen molar-refractivity contribution in [2.75, 3.05) is 7.11 Å². The topological polar surface area (TPSA) is 120 Å². The zero-order valence-corrected chi connectivity index (χ0v) is 19.3. The summed E-state index contributed by atoms with van der Waals surface area (Å²) in [6, 6.07) is 18.5. The van der Waals surface area contributed by atoms with Crippen LogP contribution in [-0.4, -0.2) is 36.5 Å². The third-order valence-electron chi connectivity index (χ3n) is 6.48. The fourth-order valence-electron chi connectivity index (χ4n) is 4.86. The van der Waals surface area contributed by atoms with Crippen molar-refractivity contribution in [1.82, 2.24) is 29.3 Å². The summed E-state index contributed by atoms with van der Waals surface area (Å²) in [5.41, 5.74) is 0.524. The molecule has 1 N–H and O–H groups in total. The van der Waals surface area contributed by atoms with Crippen LogP contribution in [0.5, 0.6) is 0 Å². The van der Waals surface area contributed by atoms with Crippen LogP contribution in [0.25, 0.3) is 5.69 Å². The van der Waals surface area contributed by atoms with Gasteiger partial charge in [-0.15, -0.1) is 5.10 Å². The minimum absolute atomic E-state index is 0.414. The molecular weight excluding hydrogens is 448 g/mol. The van der Waals surface area contributed by atoms with Crippen LogP contribution >= 0.6 is 0 Å². The molecule has 2 heterocycles. The molecule has 0 amide bonds. The van der Waals surface area contributed by atoms with Crippen LogP contribution in [0.3, 0.4) is 0 Å². The van der Waals surface area contributed by atoms with E-state index in [1.807, 2.05) is 42.6 Å². The molecule has 0 saturated heterocycles. The summed E-state index contributed by atoms with van der Waals surface area (Å²) in [5, 5.41) is 11.5. The number of para-hydroxylation sites is 1. The predicted octanol–water partition coefficient (Wildman–Crippen LogP) is 2.59. The van der Waals surface area contributed by atoms with Gasteiger partial charge in [0, 0.05) is 7.11 Å². The molecule has 180 valence electrons. The molecule has 1 aliphatic rings. The predicted molar refractivity (Wildman–Crippen MR) is 126 cm³/mol. The van der Waals surface area contributed by atoms with Crippen molar-refractivity contribution in [2.24, 2.45) is 0 Å². The third-order valence-corrected chi connectivity index (χ3v) is 6.48. The SMILES string of the molecule is CO[C@]1(c2cn(Cc3ccccc3)nn2)CCCC[C@H]1n1[nH]c(=O)n(-c2ccccc2)c1=O.[C-]#[O+]. The van der Waals surface area contributed by atoms with E-state index in [-0.39, 0.29) is 0 Å². The quantitative estimate of drug-likeness (QED) is 0.340. The molecule has 0 unspecified atom stereocenters. The molecule has 2 aromatic heterocycles. The van der Waals surface area contributed by atoms with Gasteiger partial charge in [-0.1, -0.05) is 60.2 Å². The summed E-state index contributed by atoms with van der Waals surface area (Å²) in [4.78, 5) is 26.1. The number of nitrogens with zero attached hydrogens (tertiary/aromatic N) is 5. The first kappa shape index (κ1) is 24.2. The van der Waals surface area contributed by atoms with Gasteiger partial charge in [0.05, 0.1) is 24.5 Å². The van der Waals surface area contributed by atoms with Gasteiger partial charge >= 0.3 is 22.7 Å². The van der Waals surface area contributed by atoms with Crippen molar-refractivity contribution >= 4 is 0 Å². The summed E-state index contributed by atoms with van der Waals surface area (Å²) in [5.74, 6) is 0. The Kier molecular flexibility index (Phi) is 7.26. The van der Waals surface area contributed by atoms with Gasteiger partial charge in [0.25, 0.3) is 0 Å². The maximum absolute atomic E-state index is 13.4. The summed E-state index contributed by atoms with van der Waals surface area (Å²) < 4.78 is 17.9. The molecule has 4 aromatic rings. The maximum atomic E-state index is 13.4. The molecule has 5 rings (SSSR count). The third kappa shape index (κ3) is 4.54. The van der Waals surface area contributed by atoms with Crippen LogP contribution in [0, 0.1) is 6.65 Å². The molecule has 0 aliphatic heterocycles. The number of aromatic nitrogens is 6. The molecule has 1 aliphatic carbocycles. The van der Waals surface area contributed by atoms with Gasteiger partial charge in [-0.25, -0.2) is 28.6 Å². The van der Waals surface area contributed by atoms with Crippen molar-refractivity contribution in [1.29, 1.82) is 0 Å². The van der Waals surface area contributed by atoms with Crippen LogP contribution in [0.4, 0.5) is 0 Å². The van der Waals surface area contributed by atoms with Gasteiger partial charge in [-0.05, 0) is 37.0 Å². The molecular formula is C25H26N6O4. The molecule has 0 bridgehead atoms. The van der Waals surface area contributed by atoms with Gasteiger partial charge in [0.1, 0.15) is 11.3 Å². The Balaban J connectivity index is 0.00000141. The Morgan fingerprint density at radius 2 is 1.77 bits per heavy atom. The standard InChI is InChI=1S/C24H26N6O3.CO/c1-33-24(20-17-28(27-25-20)16-18-10-4-2-5-11-18)15-9-8-14-21(24)30-23(32)29(22(31)26-30)19-12-6-3-7-13-19;1-2/h2-7,10-13,17,21H,8-9,14-16H2,1H3,(H,26,31);/t21-,24+;/m1./s1. The number of rotatable bonds is 6. The zero-order valence-electron chi connectivity index (χ0n) is 19.3. The van der Waals surface area contributed by atoms with E-state index >= 15 is 0 Å². The van der Waals surface area contributed by atoms with Gasteiger partial charge in [-0.3, -0.25) is 0 Å². The normalized spacial score (nSPS) is 19.6. The van der Waals surface area contributed by atoms with Crippen LogP contribution < -0.4 is 11.4 Å². The molecule has 10 nitrogen and oxygen atoms in total. The summed E-state index contributed by atoms with van der Waals surface area (Å²) >= 11 is 0. The second-order valence-electron chi connectivity index (χ2n) is 8.38. The van der Waals surface area contributed by atoms with E-state index < -0.39 is 23.0 Å². The Labute approximate surface area is 201 Å². The fourth-order valence-corrected chi connectivity index (χ4v) is 4.86. The average molecular weight is 475 g/mol. The van der Waals surface area contributed by atoms with E-state index in [1.165, 1.54) is 4.68 Å². The number of methoxy groups -OCH3 is 1. The van der Waals surface area contributed by atoms with Gasteiger partial charge in [-0.2, -0.15) is 0 Å². The molecule has 1 fully saturated rings. The first-order valence-corrected chi connectivity index (χ1v) is 11.3. The number of H-pyrrole nitrogens is 1. The van der Waals surface area contributed by atoms with Crippen molar-refractivity contribution in [3.63, 3.8) is 0 Å². The molecule has 0 radical (unpaired) electrons. The number of ether oxygens (including phenoxy) is 1. The van der Waals surface area contributed by atoms with Crippen LogP contribution in [0.2, 0.25) is 0 Å². The van der Waals surface area contributed by atoms with Gasteiger partial charge < -0.3 is 4.74 Å².